The molecule has 0 aliphatic carbocycles. The van der Waals surface area contributed by atoms with Crippen LogP contribution in [0.3, 0.4) is 0 Å². The molecule has 3 unspecified atom stereocenters. The van der Waals surface area contributed by atoms with Crippen molar-refractivity contribution in [2.45, 2.75) is 31.9 Å². The summed E-state index contributed by atoms with van der Waals surface area (Å²) in [6, 6.07) is 5.66. The molecule has 0 bridgehead atoms. The first kappa shape index (κ1) is 14.9. The van der Waals surface area contributed by atoms with Crippen LogP contribution in [0.5, 0.6) is 0 Å². The van der Waals surface area contributed by atoms with Crippen LogP contribution >= 0.6 is 0 Å². The van der Waals surface area contributed by atoms with Gasteiger partial charge < -0.3 is 15.7 Å². The summed E-state index contributed by atoms with van der Waals surface area (Å²) in [4.78, 5) is 11.9. The molecule has 4 nitrogen and oxygen atoms in total. The van der Waals surface area contributed by atoms with Crippen LogP contribution in [0.2, 0.25) is 0 Å². The van der Waals surface area contributed by atoms with Gasteiger partial charge in [-0.05, 0) is 44.0 Å². The molecule has 1 aromatic rings. The molecule has 1 fully saturated rings. The fourth-order valence-electron chi connectivity index (χ4n) is 2.45. The minimum atomic E-state index is -0.701. The summed E-state index contributed by atoms with van der Waals surface area (Å²) in [7, 11) is 0. The summed E-state index contributed by atoms with van der Waals surface area (Å²) in [6.45, 7) is 3.47. The molecule has 2 rings (SSSR count). The van der Waals surface area contributed by atoms with Crippen molar-refractivity contribution in [3.05, 3.63) is 35.6 Å². The first-order chi connectivity index (χ1) is 9.56. The maximum Gasteiger partial charge on any atom is 0.224 e. The number of hydrogen-bond donors (Lipinski definition) is 3. The molecule has 0 saturated carbocycles. The summed E-state index contributed by atoms with van der Waals surface area (Å²) in [5, 5.41) is 16.1. The molecular formula is C15H21FN2O2. The van der Waals surface area contributed by atoms with Crippen LogP contribution in [0.4, 0.5) is 4.39 Å². The zero-order valence-electron chi connectivity index (χ0n) is 11.6. The lowest BCUT2D eigenvalue weighted by atomic mass is 10.0. The summed E-state index contributed by atoms with van der Waals surface area (Å²) in [5.41, 5.74) is 0.662. The Labute approximate surface area is 118 Å². The summed E-state index contributed by atoms with van der Waals surface area (Å²) in [5.74, 6) is -0.259. The molecule has 1 saturated heterocycles. The van der Waals surface area contributed by atoms with Crippen molar-refractivity contribution in [2.24, 2.45) is 5.92 Å². The van der Waals surface area contributed by atoms with Crippen molar-refractivity contribution in [2.75, 3.05) is 13.1 Å². The van der Waals surface area contributed by atoms with E-state index in [1.165, 1.54) is 12.1 Å². The van der Waals surface area contributed by atoms with E-state index in [9.17, 15) is 14.3 Å². The van der Waals surface area contributed by atoms with E-state index in [1.54, 1.807) is 12.1 Å². The maximum atomic E-state index is 12.8. The molecule has 3 N–H and O–H groups in total. The van der Waals surface area contributed by atoms with Gasteiger partial charge in [0.05, 0.1) is 12.0 Å². The molecule has 110 valence electrons. The van der Waals surface area contributed by atoms with Crippen LogP contribution in [0, 0.1) is 11.7 Å². The van der Waals surface area contributed by atoms with Crippen molar-refractivity contribution < 1.29 is 14.3 Å². The smallest absolute Gasteiger partial charge is 0.224 e. The summed E-state index contributed by atoms with van der Waals surface area (Å²) < 4.78 is 12.8. The Hall–Kier alpha value is -1.46. The first-order valence-electron chi connectivity index (χ1n) is 7.01. The number of amides is 1. The predicted molar refractivity (Wildman–Crippen MR) is 74.6 cm³/mol. The Morgan fingerprint density at radius 2 is 2.20 bits per heavy atom. The van der Waals surface area contributed by atoms with Crippen LogP contribution in [0.1, 0.15) is 31.4 Å². The number of aliphatic hydroxyl groups is 1. The Bertz CT molecular complexity index is 444. The van der Waals surface area contributed by atoms with Crippen LogP contribution in [-0.4, -0.2) is 30.1 Å². The molecule has 1 heterocycles. The van der Waals surface area contributed by atoms with E-state index in [2.05, 4.69) is 10.6 Å². The minimum absolute atomic E-state index is 0.0282. The van der Waals surface area contributed by atoms with Gasteiger partial charge in [-0.15, -0.1) is 0 Å². The van der Waals surface area contributed by atoms with Crippen molar-refractivity contribution in [3.63, 3.8) is 0 Å². The van der Waals surface area contributed by atoms with Crippen LogP contribution in [0.25, 0.3) is 0 Å². The summed E-state index contributed by atoms with van der Waals surface area (Å²) >= 11 is 0. The van der Waals surface area contributed by atoms with E-state index in [0.29, 0.717) is 12.0 Å². The van der Waals surface area contributed by atoms with E-state index >= 15 is 0 Å². The van der Waals surface area contributed by atoms with Crippen LogP contribution in [0.15, 0.2) is 24.3 Å². The highest BCUT2D eigenvalue weighted by Crippen LogP contribution is 2.19. The van der Waals surface area contributed by atoms with Gasteiger partial charge in [-0.1, -0.05) is 12.1 Å². The second kappa shape index (κ2) is 6.81. The minimum Gasteiger partial charge on any atom is -0.388 e. The Morgan fingerprint density at radius 1 is 1.50 bits per heavy atom. The third kappa shape index (κ3) is 4.02. The topological polar surface area (TPSA) is 61.4 Å². The molecule has 0 spiro atoms. The van der Waals surface area contributed by atoms with E-state index in [1.807, 2.05) is 6.92 Å². The standard InChI is InChI=1S/C15H21FN2O2/c1-10(18-15(20)12-6-7-17-9-12)8-14(19)11-2-4-13(16)5-3-11/h2-5,10,12,14,17,19H,6-9H2,1H3,(H,18,20). The predicted octanol–water partition coefficient (Wildman–Crippen LogP) is 1.36. The number of aliphatic hydroxyl groups excluding tert-OH is 1. The summed E-state index contributed by atoms with van der Waals surface area (Å²) in [6.07, 6.45) is 0.573. The lowest BCUT2D eigenvalue weighted by molar-refractivity contribution is -0.125. The van der Waals surface area contributed by atoms with E-state index < -0.39 is 6.10 Å². The van der Waals surface area contributed by atoms with E-state index in [-0.39, 0.29) is 23.7 Å². The average molecular weight is 280 g/mol. The molecule has 1 aromatic carbocycles. The van der Waals surface area contributed by atoms with Crippen molar-refractivity contribution in [1.82, 2.24) is 10.6 Å². The van der Waals surface area contributed by atoms with Gasteiger partial charge in [0.15, 0.2) is 0 Å². The SMILES string of the molecule is CC(CC(O)c1ccc(F)cc1)NC(=O)C1CCNC1. The fourth-order valence-corrected chi connectivity index (χ4v) is 2.45. The molecule has 0 aromatic heterocycles. The number of benzene rings is 1. The molecular weight excluding hydrogens is 259 g/mol. The molecule has 0 radical (unpaired) electrons. The van der Waals surface area contributed by atoms with Crippen molar-refractivity contribution in [1.29, 1.82) is 0 Å². The number of hydrogen-bond acceptors (Lipinski definition) is 3. The fraction of sp³-hybridized carbons (Fsp3) is 0.533. The van der Waals surface area contributed by atoms with Crippen molar-refractivity contribution >= 4 is 5.91 Å². The lowest BCUT2D eigenvalue weighted by Crippen LogP contribution is -2.38. The normalized spacial score (nSPS) is 21.4. The zero-order chi connectivity index (χ0) is 14.5. The number of carbonyl (C=O) groups excluding carboxylic acids is 1. The van der Waals surface area contributed by atoms with E-state index in [4.69, 9.17) is 0 Å². The highest BCUT2D eigenvalue weighted by molar-refractivity contribution is 5.79. The van der Waals surface area contributed by atoms with E-state index in [0.717, 1.165) is 19.5 Å². The third-order valence-electron chi connectivity index (χ3n) is 3.65. The molecule has 3 atom stereocenters. The molecule has 5 heteroatoms. The first-order valence-corrected chi connectivity index (χ1v) is 7.01. The van der Waals surface area contributed by atoms with Gasteiger partial charge in [-0.2, -0.15) is 0 Å². The highest BCUT2D eigenvalue weighted by Gasteiger charge is 2.24. The monoisotopic (exact) mass is 280 g/mol. The highest BCUT2D eigenvalue weighted by atomic mass is 19.1. The quantitative estimate of drug-likeness (QED) is 0.763. The molecule has 20 heavy (non-hydrogen) atoms. The van der Waals surface area contributed by atoms with Crippen molar-refractivity contribution in [3.8, 4) is 0 Å². The van der Waals surface area contributed by atoms with Gasteiger partial charge in [-0.25, -0.2) is 4.39 Å². The number of carbonyl (C=O) groups is 1. The average Bonchev–Trinajstić information content (AvgIpc) is 2.93. The number of nitrogens with one attached hydrogen (secondary N) is 2. The molecule has 1 aliphatic rings. The lowest BCUT2D eigenvalue weighted by Gasteiger charge is -2.20. The number of halogens is 1. The van der Waals surface area contributed by atoms with Gasteiger partial charge >= 0.3 is 0 Å². The van der Waals surface area contributed by atoms with Crippen LogP contribution < -0.4 is 10.6 Å². The second-order valence-electron chi connectivity index (χ2n) is 5.40. The zero-order valence-corrected chi connectivity index (χ0v) is 11.6. The van der Waals surface area contributed by atoms with Crippen LogP contribution in [-0.2, 0) is 4.79 Å². The molecule has 1 amide bonds. The Balaban J connectivity index is 1.82. The second-order valence-corrected chi connectivity index (χ2v) is 5.40. The van der Waals surface area contributed by atoms with Gasteiger partial charge in [-0.3, -0.25) is 4.79 Å². The Morgan fingerprint density at radius 3 is 2.80 bits per heavy atom. The number of rotatable bonds is 5. The van der Waals surface area contributed by atoms with Gasteiger partial charge in [0, 0.05) is 12.6 Å². The third-order valence-corrected chi connectivity index (χ3v) is 3.65. The molecule has 1 aliphatic heterocycles. The van der Waals surface area contributed by atoms with Gasteiger partial charge in [0.1, 0.15) is 5.82 Å². The maximum absolute atomic E-state index is 12.8. The largest absolute Gasteiger partial charge is 0.388 e. The van der Waals surface area contributed by atoms with Gasteiger partial charge in [0.25, 0.3) is 0 Å². The Kier molecular flexibility index (Phi) is 5.09. The van der Waals surface area contributed by atoms with Gasteiger partial charge in [0.2, 0.25) is 5.91 Å².